The standard InChI is InChI=1S/C10H11F3N2O3/c11-9-7(2-1-3-8(9)15(17)18)4-14-5-10(12,13)6-16/h1-3,14,16H,4-6H2. The first-order valence-electron chi connectivity index (χ1n) is 4.98. The monoisotopic (exact) mass is 264 g/mol. The molecule has 100 valence electrons. The Morgan fingerprint density at radius 3 is 2.67 bits per heavy atom. The molecule has 0 aliphatic rings. The van der Waals surface area contributed by atoms with E-state index < -0.39 is 35.5 Å². The fourth-order valence-electron chi connectivity index (χ4n) is 1.28. The molecule has 0 bridgehead atoms. The van der Waals surface area contributed by atoms with Crippen LogP contribution in [-0.4, -0.2) is 29.1 Å². The molecular formula is C10H11F3N2O3. The van der Waals surface area contributed by atoms with Crippen molar-refractivity contribution in [2.24, 2.45) is 0 Å². The van der Waals surface area contributed by atoms with E-state index in [1.54, 1.807) is 0 Å². The molecular weight excluding hydrogens is 253 g/mol. The van der Waals surface area contributed by atoms with Crippen molar-refractivity contribution in [1.82, 2.24) is 5.32 Å². The second-order valence-electron chi connectivity index (χ2n) is 3.62. The number of nitro benzene ring substituents is 1. The quantitative estimate of drug-likeness (QED) is 0.602. The topological polar surface area (TPSA) is 75.4 Å². The zero-order valence-electron chi connectivity index (χ0n) is 9.20. The summed E-state index contributed by atoms with van der Waals surface area (Å²) in [5.41, 5.74) is -0.791. The third-order valence-corrected chi connectivity index (χ3v) is 2.19. The molecule has 0 fully saturated rings. The van der Waals surface area contributed by atoms with E-state index in [9.17, 15) is 23.3 Å². The van der Waals surface area contributed by atoms with Crippen molar-refractivity contribution in [3.8, 4) is 0 Å². The lowest BCUT2D eigenvalue weighted by Gasteiger charge is -2.14. The molecule has 0 heterocycles. The molecule has 0 atom stereocenters. The van der Waals surface area contributed by atoms with Gasteiger partial charge in [-0.15, -0.1) is 0 Å². The number of aliphatic hydroxyl groups is 1. The van der Waals surface area contributed by atoms with Gasteiger partial charge in [-0.2, -0.15) is 4.39 Å². The van der Waals surface area contributed by atoms with Crippen molar-refractivity contribution in [2.45, 2.75) is 12.5 Å². The number of halogens is 3. The first-order valence-corrected chi connectivity index (χ1v) is 4.98. The number of aliphatic hydroxyl groups excluding tert-OH is 1. The minimum atomic E-state index is -3.31. The van der Waals surface area contributed by atoms with E-state index in [1.165, 1.54) is 12.1 Å². The predicted octanol–water partition coefficient (Wildman–Crippen LogP) is 1.45. The first kappa shape index (κ1) is 14.4. The van der Waals surface area contributed by atoms with Crippen molar-refractivity contribution in [2.75, 3.05) is 13.2 Å². The van der Waals surface area contributed by atoms with Crippen molar-refractivity contribution >= 4 is 5.69 Å². The Hall–Kier alpha value is -1.67. The zero-order valence-corrected chi connectivity index (χ0v) is 9.20. The fourth-order valence-corrected chi connectivity index (χ4v) is 1.28. The van der Waals surface area contributed by atoms with E-state index in [0.29, 0.717) is 0 Å². The van der Waals surface area contributed by atoms with E-state index >= 15 is 0 Å². The molecule has 0 saturated heterocycles. The van der Waals surface area contributed by atoms with Gasteiger partial charge >= 0.3 is 5.69 Å². The third kappa shape index (κ3) is 3.67. The van der Waals surface area contributed by atoms with Gasteiger partial charge in [-0.25, -0.2) is 8.78 Å². The van der Waals surface area contributed by atoms with E-state index in [2.05, 4.69) is 5.32 Å². The van der Waals surface area contributed by atoms with Crippen LogP contribution < -0.4 is 5.32 Å². The maximum absolute atomic E-state index is 13.5. The number of nitro groups is 1. The van der Waals surface area contributed by atoms with Crippen LogP contribution in [0, 0.1) is 15.9 Å². The Labute approximate surface area is 100 Å². The molecule has 1 rings (SSSR count). The van der Waals surface area contributed by atoms with Crippen LogP contribution in [0.3, 0.4) is 0 Å². The molecule has 8 heteroatoms. The maximum atomic E-state index is 13.5. The number of hydrogen-bond donors (Lipinski definition) is 2. The molecule has 0 amide bonds. The average molecular weight is 264 g/mol. The van der Waals surface area contributed by atoms with Crippen molar-refractivity contribution in [3.05, 3.63) is 39.7 Å². The molecule has 1 aromatic rings. The number of rotatable bonds is 6. The van der Waals surface area contributed by atoms with E-state index in [1.807, 2.05) is 0 Å². The lowest BCUT2D eigenvalue weighted by molar-refractivity contribution is -0.387. The Balaban J connectivity index is 2.69. The van der Waals surface area contributed by atoms with E-state index in [-0.39, 0.29) is 12.1 Å². The summed E-state index contributed by atoms with van der Waals surface area (Å²) in [6.07, 6.45) is 0. The molecule has 0 spiro atoms. The average Bonchev–Trinajstić information content (AvgIpc) is 2.31. The van der Waals surface area contributed by atoms with Crippen LogP contribution in [0.2, 0.25) is 0 Å². The van der Waals surface area contributed by atoms with Crippen LogP contribution in [-0.2, 0) is 6.54 Å². The van der Waals surface area contributed by atoms with Gasteiger partial charge in [0.25, 0.3) is 5.92 Å². The largest absolute Gasteiger partial charge is 0.390 e. The van der Waals surface area contributed by atoms with Gasteiger partial charge in [0, 0.05) is 18.2 Å². The van der Waals surface area contributed by atoms with Gasteiger partial charge < -0.3 is 10.4 Å². The Bertz CT molecular complexity index is 440. The summed E-state index contributed by atoms with van der Waals surface area (Å²) in [6.45, 7) is -2.45. The van der Waals surface area contributed by atoms with Crippen LogP contribution in [0.15, 0.2) is 18.2 Å². The number of hydrogen-bond acceptors (Lipinski definition) is 4. The van der Waals surface area contributed by atoms with Crippen molar-refractivity contribution < 1.29 is 23.2 Å². The first-order chi connectivity index (χ1) is 8.37. The highest BCUT2D eigenvalue weighted by Gasteiger charge is 2.27. The molecule has 1 aromatic carbocycles. The second-order valence-corrected chi connectivity index (χ2v) is 3.62. The summed E-state index contributed by atoms with van der Waals surface area (Å²) in [5, 5.41) is 21.0. The van der Waals surface area contributed by atoms with Gasteiger partial charge in [-0.05, 0) is 0 Å². The smallest absolute Gasteiger partial charge is 0.305 e. The highest BCUT2D eigenvalue weighted by molar-refractivity contribution is 5.36. The SMILES string of the molecule is O=[N+]([O-])c1cccc(CNCC(F)(F)CO)c1F. The highest BCUT2D eigenvalue weighted by atomic mass is 19.3. The predicted molar refractivity (Wildman–Crippen MR) is 56.8 cm³/mol. The van der Waals surface area contributed by atoms with Gasteiger partial charge in [-0.3, -0.25) is 10.1 Å². The number of nitrogens with zero attached hydrogens (tertiary/aromatic N) is 1. The van der Waals surface area contributed by atoms with Crippen molar-refractivity contribution in [3.63, 3.8) is 0 Å². The van der Waals surface area contributed by atoms with Crippen LogP contribution in [0.25, 0.3) is 0 Å². The van der Waals surface area contributed by atoms with Crippen molar-refractivity contribution in [1.29, 1.82) is 0 Å². The van der Waals surface area contributed by atoms with Crippen LogP contribution >= 0.6 is 0 Å². The summed E-state index contributed by atoms with van der Waals surface area (Å²) in [4.78, 5) is 9.56. The number of alkyl halides is 2. The summed E-state index contributed by atoms with van der Waals surface area (Å²) in [7, 11) is 0. The van der Waals surface area contributed by atoms with Crippen LogP contribution in [0.5, 0.6) is 0 Å². The number of benzene rings is 1. The molecule has 18 heavy (non-hydrogen) atoms. The highest BCUT2D eigenvalue weighted by Crippen LogP contribution is 2.20. The summed E-state index contributed by atoms with van der Waals surface area (Å²) in [5.74, 6) is -4.36. The molecule has 0 unspecified atom stereocenters. The molecule has 0 aliphatic carbocycles. The molecule has 2 N–H and O–H groups in total. The molecule has 0 radical (unpaired) electrons. The van der Waals surface area contributed by atoms with Gasteiger partial charge in [0.05, 0.1) is 11.5 Å². The summed E-state index contributed by atoms with van der Waals surface area (Å²) in [6, 6.07) is 3.51. The summed E-state index contributed by atoms with van der Waals surface area (Å²) >= 11 is 0. The maximum Gasteiger partial charge on any atom is 0.305 e. The van der Waals surface area contributed by atoms with E-state index in [0.717, 1.165) is 6.07 Å². The number of nitrogens with one attached hydrogen (secondary N) is 1. The van der Waals surface area contributed by atoms with Crippen LogP contribution in [0.1, 0.15) is 5.56 Å². The molecule has 0 aliphatic heterocycles. The van der Waals surface area contributed by atoms with Gasteiger partial charge in [-0.1, -0.05) is 12.1 Å². The Morgan fingerprint density at radius 1 is 1.44 bits per heavy atom. The van der Waals surface area contributed by atoms with Crippen LogP contribution in [0.4, 0.5) is 18.9 Å². The minimum absolute atomic E-state index is 0.0852. The lowest BCUT2D eigenvalue weighted by Crippen LogP contribution is -2.35. The summed E-state index contributed by atoms with van der Waals surface area (Å²) < 4.78 is 38.8. The Kier molecular flexibility index (Phi) is 4.62. The van der Waals surface area contributed by atoms with Gasteiger partial charge in [0.1, 0.15) is 6.61 Å². The lowest BCUT2D eigenvalue weighted by atomic mass is 10.2. The zero-order chi connectivity index (χ0) is 13.8. The van der Waals surface area contributed by atoms with Gasteiger partial charge in [0.2, 0.25) is 5.82 Å². The second kappa shape index (κ2) is 5.78. The van der Waals surface area contributed by atoms with E-state index in [4.69, 9.17) is 5.11 Å². The minimum Gasteiger partial charge on any atom is -0.390 e. The Morgan fingerprint density at radius 2 is 2.11 bits per heavy atom. The third-order valence-electron chi connectivity index (χ3n) is 2.19. The van der Waals surface area contributed by atoms with Gasteiger partial charge in [0.15, 0.2) is 0 Å². The molecule has 0 saturated carbocycles. The fraction of sp³-hybridized carbons (Fsp3) is 0.400. The molecule has 0 aromatic heterocycles. The molecule has 5 nitrogen and oxygen atoms in total. The normalized spacial score (nSPS) is 11.6.